The number of ether oxygens (including phenoxy) is 1. The van der Waals surface area contributed by atoms with Crippen LogP contribution in [0.1, 0.15) is 43.8 Å². The SMILES string of the molecule is Cn1ncc2cc(N3CC[C@@H](C(=O)N[C@H](CN4CCCC4)[C@H](O)c4ccc(OC5CC5)c(Cl)c4)C3)ccc21. The van der Waals surface area contributed by atoms with Gasteiger partial charge in [0.05, 0.1) is 34.8 Å². The van der Waals surface area contributed by atoms with Crippen molar-refractivity contribution in [2.75, 3.05) is 37.6 Å². The Morgan fingerprint density at radius 2 is 1.97 bits per heavy atom. The third-order valence-electron chi connectivity index (χ3n) is 8.13. The first-order chi connectivity index (χ1) is 18.4. The van der Waals surface area contributed by atoms with E-state index in [1.807, 2.05) is 30.1 Å². The van der Waals surface area contributed by atoms with Crippen LogP contribution in [0, 0.1) is 5.92 Å². The summed E-state index contributed by atoms with van der Waals surface area (Å²) in [5.41, 5.74) is 2.89. The molecule has 0 spiro atoms. The van der Waals surface area contributed by atoms with Crippen molar-refractivity contribution in [3.8, 4) is 5.75 Å². The summed E-state index contributed by atoms with van der Waals surface area (Å²) in [7, 11) is 1.94. The van der Waals surface area contributed by atoms with Crippen molar-refractivity contribution >= 4 is 34.1 Å². The van der Waals surface area contributed by atoms with Gasteiger partial charge in [0.1, 0.15) is 11.9 Å². The molecule has 9 heteroatoms. The second kappa shape index (κ2) is 10.8. The van der Waals surface area contributed by atoms with Crippen molar-refractivity contribution in [1.82, 2.24) is 20.0 Å². The Hall–Kier alpha value is -2.81. The standard InChI is InChI=1S/C29H36ClN5O3/c1-33-26-8-5-22(14-21(26)16-31-33)35-13-10-20(17-35)29(37)32-25(18-34-11-2-3-12-34)28(36)19-4-9-27(24(30)15-19)38-23-6-7-23/h4-5,8-9,14-16,20,23,25,28,36H,2-3,6-7,10-13,17-18H2,1H3,(H,32,37)/t20-,25-,28-/m1/s1. The van der Waals surface area contributed by atoms with E-state index < -0.39 is 12.1 Å². The fourth-order valence-corrected chi connectivity index (χ4v) is 5.95. The van der Waals surface area contributed by atoms with Gasteiger partial charge in [-0.25, -0.2) is 0 Å². The third-order valence-corrected chi connectivity index (χ3v) is 8.43. The number of fused-ring (bicyclic) bond motifs is 1. The molecule has 3 heterocycles. The van der Waals surface area contributed by atoms with E-state index in [1.54, 1.807) is 6.07 Å². The number of nitrogens with one attached hydrogen (secondary N) is 1. The number of hydrogen-bond donors (Lipinski definition) is 2. The number of amides is 1. The summed E-state index contributed by atoms with van der Waals surface area (Å²) in [6, 6.07) is 11.4. The molecule has 2 N–H and O–H groups in total. The number of rotatable bonds is 9. The average molecular weight is 538 g/mol. The van der Waals surface area contributed by atoms with E-state index in [0.29, 0.717) is 29.4 Å². The van der Waals surface area contributed by atoms with Gasteiger partial charge in [-0.15, -0.1) is 0 Å². The molecule has 2 aromatic carbocycles. The molecule has 2 aliphatic heterocycles. The van der Waals surface area contributed by atoms with Gasteiger partial charge in [-0.2, -0.15) is 5.10 Å². The van der Waals surface area contributed by atoms with Crippen LogP contribution in [0.15, 0.2) is 42.6 Å². The Morgan fingerprint density at radius 3 is 2.74 bits per heavy atom. The van der Waals surface area contributed by atoms with Crippen LogP contribution in [-0.2, 0) is 11.8 Å². The maximum absolute atomic E-state index is 13.5. The van der Waals surface area contributed by atoms with Crippen molar-refractivity contribution in [2.45, 2.75) is 50.4 Å². The number of likely N-dealkylation sites (tertiary alicyclic amines) is 1. The largest absolute Gasteiger partial charge is 0.489 e. The Balaban J connectivity index is 1.14. The monoisotopic (exact) mass is 537 g/mol. The van der Waals surface area contributed by atoms with Crippen LogP contribution in [-0.4, -0.2) is 70.6 Å². The molecule has 3 aromatic rings. The van der Waals surface area contributed by atoms with E-state index in [0.717, 1.165) is 68.3 Å². The van der Waals surface area contributed by atoms with E-state index >= 15 is 0 Å². The van der Waals surface area contributed by atoms with Gasteiger partial charge in [-0.05, 0) is 81.1 Å². The lowest BCUT2D eigenvalue weighted by molar-refractivity contribution is -0.126. The number of aliphatic hydroxyl groups excluding tert-OH is 1. The highest BCUT2D eigenvalue weighted by Gasteiger charge is 2.33. The summed E-state index contributed by atoms with van der Waals surface area (Å²) in [5, 5.41) is 20.6. The van der Waals surface area contributed by atoms with Gasteiger partial charge in [0, 0.05) is 37.8 Å². The number of aromatic nitrogens is 2. The average Bonchev–Trinajstić information content (AvgIpc) is 3.27. The summed E-state index contributed by atoms with van der Waals surface area (Å²) in [4.78, 5) is 18.1. The van der Waals surface area contributed by atoms with Crippen molar-refractivity contribution in [2.24, 2.45) is 13.0 Å². The molecular formula is C29H36ClN5O3. The minimum Gasteiger partial charge on any atom is -0.489 e. The van der Waals surface area contributed by atoms with Gasteiger partial charge in [-0.3, -0.25) is 9.48 Å². The molecule has 3 aliphatic rings. The lowest BCUT2D eigenvalue weighted by Crippen LogP contribution is -2.48. The molecule has 1 saturated carbocycles. The molecule has 202 valence electrons. The van der Waals surface area contributed by atoms with Crippen LogP contribution in [0.5, 0.6) is 5.75 Å². The third kappa shape index (κ3) is 5.48. The van der Waals surface area contributed by atoms with Crippen LogP contribution < -0.4 is 15.0 Å². The predicted octanol–water partition coefficient (Wildman–Crippen LogP) is 3.91. The first kappa shape index (κ1) is 25.5. The zero-order valence-electron chi connectivity index (χ0n) is 21.9. The fourth-order valence-electron chi connectivity index (χ4n) is 5.72. The molecule has 3 fully saturated rings. The minimum atomic E-state index is -0.863. The number of carbonyl (C=O) groups is 1. The smallest absolute Gasteiger partial charge is 0.225 e. The Bertz CT molecular complexity index is 1300. The van der Waals surface area contributed by atoms with Gasteiger partial charge in [-0.1, -0.05) is 17.7 Å². The van der Waals surface area contributed by atoms with Gasteiger partial charge < -0.3 is 25.0 Å². The summed E-state index contributed by atoms with van der Waals surface area (Å²) in [6.07, 6.45) is 6.45. The maximum Gasteiger partial charge on any atom is 0.225 e. The first-order valence-electron chi connectivity index (χ1n) is 13.8. The van der Waals surface area contributed by atoms with E-state index in [1.165, 1.54) is 0 Å². The maximum atomic E-state index is 13.5. The van der Waals surface area contributed by atoms with Crippen LogP contribution >= 0.6 is 11.6 Å². The van der Waals surface area contributed by atoms with Crippen LogP contribution in [0.4, 0.5) is 5.69 Å². The van der Waals surface area contributed by atoms with Gasteiger partial charge in [0.15, 0.2) is 0 Å². The molecule has 1 aromatic heterocycles. The molecule has 8 nitrogen and oxygen atoms in total. The number of aliphatic hydroxyl groups is 1. The number of benzene rings is 2. The molecular weight excluding hydrogens is 502 g/mol. The van der Waals surface area contributed by atoms with Crippen molar-refractivity contribution in [3.63, 3.8) is 0 Å². The van der Waals surface area contributed by atoms with E-state index in [4.69, 9.17) is 16.3 Å². The normalized spacial score (nSPS) is 21.7. The lowest BCUT2D eigenvalue weighted by Gasteiger charge is -2.30. The van der Waals surface area contributed by atoms with E-state index in [-0.39, 0.29) is 17.9 Å². The lowest BCUT2D eigenvalue weighted by atomic mass is 10.00. The zero-order valence-corrected chi connectivity index (χ0v) is 22.6. The highest BCUT2D eigenvalue weighted by atomic mass is 35.5. The summed E-state index contributed by atoms with van der Waals surface area (Å²) >= 11 is 6.50. The second-order valence-corrected chi connectivity index (χ2v) is 11.4. The first-order valence-corrected chi connectivity index (χ1v) is 14.2. The van der Waals surface area contributed by atoms with Crippen molar-refractivity contribution < 1.29 is 14.6 Å². The minimum absolute atomic E-state index is 0.00186. The Kier molecular flexibility index (Phi) is 7.20. The van der Waals surface area contributed by atoms with Crippen LogP contribution in [0.25, 0.3) is 10.9 Å². The number of hydrogen-bond acceptors (Lipinski definition) is 6. The van der Waals surface area contributed by atoms with E-state index in [9.17, 15) is 9.90 Å². The number of anilines is 1. The number of carbonyl (C=O) groups excluding carboxylic acids is 1. The van der Waals surface area contributed by atoms with Crippen LogP contribution in [0.2, 0.25) is 5.02 Å². The zero-order chi connectivity index (χ0) is 26.2. The highest BCUT2D eigenvalue weighted by Crippen LogP contribution is 2.34. The van der Waals surface area contributed by atoms with Crippen LogP contribution in [0.3, 0.4) is 0 Å². The van der Waals surface area contributed by atoms with Crippen molar-refractivity contribution in [1.29, 1.82) is 0 Å². The molecule has 6 rings (SSSR count). The number of nitrogens with zero attached hydrogens (tertiary/aromatic N) is 4. The quantitative estimate of drug-likeness (QED) is 0.431. The summed E-state index contributed by atoms with van der Waals surface area (Å²) in [5.74, 6) is 0.518. The predicted molar refractivity (Wildman–Crippen MR) is 149 cm³/mol. The number of halogens is 1. The highest BCUT2D eigenvalue weighted by molar-refractivity contribution is 6.32. The molecule has 1 amide bonds. The van der Waals surface area contributed by atoms with E-state index in [2.05, 4.69) is 38.4 Å². The van der Waals surface area contributed by atoms with Gasteiger partial charge in [0.25, 0.3) is 0 Å². The molecule has 2 saturated heterocycles. The topological polar surface area (TPSA) is 82.9 Å². The molecule has 38 heavy (non-hydrogen) atoms. The van der Waals surface area contributed by atoms with Gasteiger partial charge >= 0.3 is 0 Å². The molecule has 0 unspecified atom stereocenters. The summed E-state index contributed by atoms with van der Waals surface area (Å²) < 4.78 is 7.73. The van der Waals surface area contributed by atoms with Gasteiger partial charge in [0.2, 0.25) is 5.91 Å². The van der Waals surface area contributed by atoms with Crippen molar-refractivity contribution in [3.05, 3.63) is 53.2 Å². The summed E-state index contributed by atoms with van der Waals surface area (Å²) in [6.45, 7) is 4.06. The Morgan fingerprint density at radius 1 is 1.16 bits per heavy atom. The molecule has 3 atom stereocenters. The second-order valence-electron chi connectivity index (χ2n) is 11.0. The molecule has 1 aliphatic carbocycles. The fraction of sp³-hybridized carbons (Fsp3) is 0.517. The molecule has 0 bridgehead atoms. The molecule has 0 radical (unpaired) electrons. The number of aryl methyl sites for hydroxylation is 1. The Labute approximate surface area is 228 Å².